The van der Waals surface area contributed by atoms with Crippen molar-refractivity contribution < 1.29 is 9.34 Å². The molecule has 0 spiro atoms. The summed E-state index contributed by atoms with van der Waals surface area (Å²) in [4.78, 5) is 10.6. The number of hydrogen-bond donors (Lipinski definition) is 1. The number of benzene rings is 1. The Labute approximate surface area is 105 Å². The predicted molar refractivity (Wildman–Crippen MR) is 68.6 cm³/mol. The van der Waals surface area contributed by atoms with E-state index in [0.717, 1.165) is 16.7 Å². The first-order valence-corrected chi connectivity index (χ1v) is 5.58. The van der Waals surface area contributed by atoms with E-state index in [-0.39, 0.29) is 10.6 Å². The van der Waals surface area contributed by atoms with Gasteiger partial charge >= 0.3 is 0 Å². The summed E-state index contributed by atoms with van der Waals surface area (Å²) in [5, 5.41) is 14.1. The number of furan rings is 1. The van der Waals surface area contributed by atoms with Crippen molar-refractivity contribution >= 4 is 11.4 Å². The molecule has 5 heteroatoms. The summed E-state index contributed by atoms with van der Waals surface area (Å²) in [6.07, 6.45) is 3.19. The SMILES string of the molecule is Cc1cc(NCc2ccoc2)c([N+](=O)[O-])cc1C. The van der Waals surface area contributed by atoms with E-state index in [2.05, 4.69) is 5.32 Å². The molecule has 0 bridgehead atoms. The molecule has 1 aromatic carbocycles. The van der Waals surface area contributed by atoms with Gasteiger partial charge in [-0.1, -0.05) is 0 Å². The number of aryl methyl sites for hydroxylation is 2. The Morgan fingerprint density at radius 1 is 1.33 bits per heavy atom. The molecule has 5 nitrogen and oxygen atoms in total. The largest absolute Gasteiger partial charge is 0.472 e. The molecule has 0 saturated heterocycles. The van der Waals surface area contributed by atoms with Gasteiger partial charge in [0.2, 0.25) is 0 Å². The molecule has 0 aliphatic carbocycles. The minimum Gasteiger partial charge on any atom is -0.472 e. The maximum Gasteiger partial charge on any atom is 0.292 e. The maximum atomic E-state index is 11.0. The van der Waals surface area contributed by atoms with Gasteiger partial charge in [-0.25, -0.2) is 0 Å². The second-order valence-corrected chi connectivity index (χ2v) is 4.20. The lowest BCUT2D eigenvalue weighted by molar-refractivity contribution is -0.384. The molecule has 0 radical (unpaired) electrons. The first-order valence-electron chi connectivity index (χ1n) is 5.58. The van der Waals surface area contributed by atoms with E-state index in [4.69, 9.17) is 4.42 Å². The normalized spacial score (nSPS) is 10.3. The zero-order valence-electron chi connectivity index (χ0n) is 10.3. The second-order valence-electron chi connectivity index (χ2n) is 4.20. The summed E-state index contributed by atoms with van der Waals surface area (Å²) >= 11 is 0. The molecule has 2 rings (SSSR count). The highest BCUT2D eigenvalue weighted by molar-refractivity contribution is 5.64. The van der Waals surface area contributed by atoms with Crippen LogP contribution in [0.1, 0.15) is 16.7 Å². The highest BCUT2D eigenvalue weighted by Crippen LogP contribution is 2.28. The van der Waals surface area contributed by atoms with Crippen LogP contribution in [0.15, 0.2) is 35.1 Å². The maximum absolute atomic E-state index is 11.0. The van der Waals surface area contributed by atoms with Crippen LogP contribution in [0, 0.1) is 24.0 Å². The van der Waals surface area contributed by atoms with Crippen molar-refractivity contribution in [2.75, 3.05) is 5.32 Å². The number of nitrogens with one attached hydrogen (secondary N) is 1. The molecule has 0 atom stereocenters. The van der Waals surface area contributed by atoms with Crippen LogP contribution in [-0.2, 0) is 6.54 Å². The third-order valence-corrected chi connectivity index (χ3v) is 2.87. The zero-order valence-corrected chi connectivity index (χ0v) is 10.3. The molecule has 2 aromatic rings. The number of anilines is 1. The summed E-state index contributed by atoms with van der Waals surface area (Å²) < 4.78 is 4.95. The monoisotopic (exact) mass is 246 g/mol. The van der Waals surface area contributed by atoms with Crippen molar-refractivity contribution in [3.63, 3.8) is 0 Å². The Bertz CT molecular complexity index is 562. The summed E-state index contributed by atoms with van der Waals surface area (Å²) in [6.45, 7) is 4.30. The van der Waals surface area contributed by atoms with Gasteiger partial charge in [-0.05, 0) is 37.1 Å². The molecule has 18 heavy (non-hydrogen) atoms. The van der Waals surface area contributed by atoms with E-state index in [1.807, 2.05) is 19.9 Å². The molecule has 0 aliphatic heterocycles. The fourth-order valence-corrected chi connectivity index (χ4v) is 1.68. The predicted octanol–water partition coefficient (Wildman–Crippen LogP) is 3.42. The molecule has 0 saturated carbocycles. The van der Waals surface area contributed by atoms with Gasteiger partial charge in [-0.15, -0.1) is 0 Å². The highest BCUT2D eigenvalue weighted by Gasteiger charge is 2.15. The Balaban J connectivity index is 2.25. The van der Waals surface area contributed by atoms with Crippen molar-refractivity contribution in [3.05, 3.63) is 57.5 Å². The fraction of sp³-hybridized carbons (Fsp3) is 0.231. The third-order valence-electron chi connectivity index (χ3n) is 2.87. The molecule has 0 fully saturated rings. The Morgan fingerprint density at radius 3 is 2.67 bits per heavy atom. The molecular formula is C13H14N2O3. The zero-order chi connectivity index (χ0) is 13.1. The first-order chi connectivity index (χ1) is 8.58. The average Bonchev–Trinajstić information content (AvgIpc) is 2.83. The van der Waals surface area contributed by atoms with Crippen LogP contribution in [0.4, 0.5) is 11.4 Å². The van der Waals surface area contributed by atoms with Gasteiger partial charge in [0.05, 0.1) is 17.4 Å². The van der Waals surface area contributed by atoms with Crippen LogP contribution in [0.2, 0.25) is 0 Å². The number of nitro groups is 1. The first kappa shape index (κ1) is 12.2. The standard InChI is InChI=1S/C13H14N2O3/c1-9-5-12(13(15(16)17)6-10(9)2)14-7-11-3-4-18-8-11/h3-6,8,14H,7H2,1-2H3. The lowest BCUT2D eigenvalue weighted by atomic mass is 10.1. The topological polar surface area (TPSA) is 68.3 Å². The summed E-state index contributed by atoms with van der Waals surface area (Å²) in [5.41, 5.74) is 3.51. The summed E-state index contributed by atoms with van der Waals surface area (Å²) in [6, 6.07) is 5.21. The molecule has 94 valence electrons. The number of nitro benzene ring substituents is 1. The van der Waals surface area contributed by atoms with Crippen LogP contribution in [0.25, 0.3) is 0 Å². The fourth-order valence-electron chi connectivity index (χ4n) is 1.68. The molecule has 1 heterocycles. The Morgan fingerprint density at radius 2 is 2.06 bits per heavy atom. The van der Waals surface area contributed by atoms with E-state index in [9.17, 15) is 10.1 Å². The van der Waals surface area contributed by atoms with Crippen molar-refractivity contribution in [3.8, 4) is 0 Å². The van der Waals surface area contributed by atoms with Gasteiger partial charge in [0, 0.05) is 18.2 Å². The number of hydrogen-bond acceptors (Lipinski definition) is 4. The smallest absolute Gasteiger partial charge is 0.292 e. The van der Waals surface area contributed by atoms with Crippen molar-refractivity contribution in [1.82, 2.24) is 0 Å². The Kier molecular flexibility index (Phi) is 3.32. The number of rotatable bonds is 4. The van der Waals surface area contributed by atoms with Crippen LogP contribution in [0.3, 0.4) is 0 Å². The number of nitrogens with zero attached hydrogens (tertiary/aromatic N) is 1. The molecule has 0 amide bonds. The van der Waals surface area contributed by atoms with Gasteiger partial charge in [-0.3, -0.25) is 10.1 Å². The van der Waals surface area contributed by atoms with Gasteiger partial charge in [0.15, 0.2) is 0 Å². The van der Waals surface area contributed by atoms with E-state index in [1.54, 1.807) is 24.7 Å². The van der Waals surface area contributed by atoms with Crippen molar-refractivity contribution in [2.45, 2.75) is 20.4 Å². The van der Waals surface area contributed by atoms with Crippen LogP contribution in [0.5, 0.6) is 0 Å². The van der Waals surface area contributed by atoms with Crippen molar-refractivity contribution in [2.24, 2.45) is 0 Å². The average molecular weight is 246 g/mol. The third kappa shape index (κ3) is 2.51. The van der Waals surface area contributed by atoms with Gasteiger partial charge in [0.25, 0.3) is 5.69 Å². The summed E-state index contributed by atoms with van der Waals surface area (Å²) in [7, 11) is 0. The van der Waals surface area contributed by atoms with Gasteiger partial charge < -0.3 is 9.73 Å². The molecule has 0 unspecified atom stereocenters. The molecule has 1 aromatic heterocycles. The van der Waals surface area contributed by atoms with E-state index < -0.39 is 0 Å². The minimum atomic E-state index is -0.371. The lowest BCUT2D eigenvalue weighted by Gasteiger charge is -2.08. The quantitative estimate of drug-likeness (QED) is 0.663. The van der Waals surface area contributed by atoms with Crippen LogP contribution in [-0.4, -0.2) is 4.92 Å². The lowest BCUT2D eigenvalue weighted by Crippen LogP contribution is -2.03. The van der Waals surface area contributed by atoms with Gasteiger partial charge in [0.1, 0.15) is 5.69 Å². The van der Waals surface area contributed by atoms with E-state index in [0.29, 0.717) is 12.2 Å². The highest BCUT2D eigenvalue weighted by atomic mass is 16.6. The minimum absolute atomic E-state index is 0.0987. The molecular weight excluding hydrogens is 232 g/mol. The van der Waals surface area contributed by atoms with Gasteiger partial charge in [-0.2, -0.15) is 0 Å². The van der Waals surface area contributed by atoms with E-state index in [1.165, 1.54) is 0 Å². The van der Waals surface area contributed by atoms with Crippen LogP contribution >= 0.6 is 0 Å². The summed E-state index contributed by atoms with van der Waals surface area (Å²) in [5.74, 6) is 0. The van der Waals surface area contributed by atoms with E-state index >= 15 is 0 Å². The molecule has 0 aliphatic rings. The van der Waals surface area contributed by atoms with Crippen LogP contribution < -0.4 is 5.32 Å². The second kappa shape index (κ2) is 4.91. The molecule has 1 N–H and O–H groups in total. The Hall–Kier alpha value is -2.30. The van der Waals surface area contributed by atoms with Crippen molar-refractivity contribution in [1.29, 1.82) is 0 Å².